The number of methoxy groups -OCH3 is 1. The van der Waals surface area contributed by atoms with Gasteiger partial charge in [0.15, 0.2) is 11.0 Å². The number of benzene rings is 3. The molecule has 39 heavy (non-hydrogen) atoms. The summed E-state index contributed by atoms with van der Waals surface area (Å²) in [5.74, 6) is 0.676. The second kappa shape index (κ2) is 11.7. The SMILES string of the molecule is COc1ccc(O)c(/C=N/NC(=O)CSc2nnc(Cn3nnc4ccccc43)n2-c2ccc(Cl)cc2Cl)c1. The van der Waals surface area contributed by atoms with Gasteiger partial charge in [-0.25, -0.2) is 10.1 Å². The molecule has 0 saturated heterocycles. The number of thioether (sulfide) groups is 1. The molecule has 11 nitrogen and oxygen atoms in total. The second-order valence-electron chi connectivity index (χ2n) is 8.07. The number of hydrazone groups is 1. The first-order chi connectivity index (χ1) is 18.9. The Balaban J connectivity index is 1.36. The van der Waals surface area contributed by atoms with E-state index in [2.05, 4.69) is 31.0 Å². The van der Waals surface area contributed by atoms with Crippen LogP contribution in [0, 0.1) is 0 Å². The summed E-state index contributed by atoms with van der Waals surface area (Å²) in [6.07, 6.45) is 1.33. The second-order valence-corrected chi connectivity index (χ2v) is 9.86. The molecule has 5 aromatic rings. The molecule has 2 aromatic heterocycles. The molecule has 14 heteroatoms. The van der Waals surface area contributed by atoms with Gasteiger partial charge < -0.3 is 9.84 Å². The Morgan fingerprint density at radius 3 is 2.79 bits per heavy atom. The quantitative estimate of drug-likeness (QED) is 0.149. The largest absolute Gasteiger partial charge is 0.507 e. The van der Waals surface area contributed by atoms with Crippen molar-refractivity contribution >= 4 is 58.1 Å². The molecule has 0 bridgehead atoms. The van der Waals surface area contributed by atoms with E-state index in [1.807, 2.05) is 24.3 Å². The van der Waals surface area contributed by atoms with Crippen LogP contribution in [0.25, 0.3) is 16.7 Å². The lowest BCUT2D eigenvalue weighted by Crippen LogP contribution is -2.20. The highest BCUT2D eigenvalue weighted by atomic mass is 35.5. The molecule has 1 amide bonds. The predicted molar refractivity (Wildman–Crippen MR) is 149 cm³/mol. The number of hydrogen-bond acceptors (Lipinski definition) is 9. The number of hydrogen-bond donors (Lipinski definition) is 2. The first kappa shape index (κ1) is 26.5. The summed E-state index contributed by atoms with van der Waals surface area (Å²) >= 11 is 13.8. The standard InChI is InChI=1S/C25H20Cl2N8O3S/c1-38-17-7-9-22(36)15(10-17)12-28-31-24(37)14-39-25-32-30-23(35(25)20-8-6-16(26)11-18(20)27)13-34-21-5-3-2-4-19(21)29-33-34/h2-12,36H,13-14H2,1H3,(H,31,37)/b28-12+. The molecule has 0 unspecified atom stereocenters. The average molecular weight is 583 g/mol. The summed E-state index contributed by atoms with van der Waals surface area (Å²) in [6.45, 7) is 0.257. The lowest BCUT2D eigenvalue weighted by atomic mass is 10.2. The van der Waals surface area contributed by atoms with Crippen LogP contribution in [0.5, 0.6) is 11.5 Å². The fourth-order valence-corrected chi connectivity index (χ4v) is 4.92. The van der Waals surface area contributed by atoms with E-state index in [9.17, 15) is 9.90 Å². The zero-order valence-electron chi connectivity index (χ0n) is 20.3. The number of halogens is 2. The minimum atomic E-state index is -0.390. The number of nitrogens with zero attached hydrogens (tertiary/aromatic N) is 7. The van der Waals surface area contributed by atoms with Crippen molar-refractivity contribution in [3.8, 4) is 17.2 Å². The Bertz CT molecular complexity index is 1690. The fraction of sp³-hybridized carbons (Fsp3) is 0.120. The van der Waals surface area contributed by atoms with Gasteiger partial charge in [-0.05, 0) is 48.5 Å². The van der Waals surface area contributed by atoms with E-state index in [1.54, 1.807) is 39.6 Å². The Labute approximate surface area is 236 Å². The molecule has 3 aromatic carbocycles. The maximum absolute atomic E-state index is 12.5. The molecule has 0 atom stereocenters. The Hall–Kier alpha value is -4.13. The van der Waals surface area contributed by atoms with Gasteiger partial charge in [-0.1, -0.05) is 52.3 Å². The van der Waals surface area contributed by atoms with E-state index < -0.39 is 0 Å². The number of carbonyl (C=O) groups is 1. The molecule has 2 heterocycles. The van der Waals surface area contributed by atoms with Gasteiger partial charge in [0.2, 0.25) is 0 Å². The van der Waals surface area contributed by atoms with Gasteiger partial charge in [0, 0.05) is 10.6 Å². The van der Waals surface area contributed by atoms with E-state index in [4.69, 9.17) is 27.9 Å². The van der Waals surface area contributed by atoms with E-state index in [0.717, 1.165) is 22.8 Å². The van der Waals surface area contributed by atoms with Crippen LogP contribution in [-0.2, 0) is 11.3 Å². The highest BCUT2D eigenvalue weighted by Gasteiger charge is 2.19. The molecule has 0 saturated carbocycles. The molecular formula is C25H20Cl2N8O3S. The molecule has 0 radical (unpaired) electrons. The van der Waals surface area contributed by atoms with Crippen molar-refractivity contribution in [2.24, 2.45) is 5.10 Å². The molecule has 198 valence electrons. The lowest BCUT2D eigenvalue weighted by molar-refractivity contribution is -0.118. The maximum atomic E-state index is 12.5. The van der Waals surface area contributed by atoms with E-state index >= 15 is 0 Å². The third-order valence-corrected chi connectivity index (χ3v) is 6.99. The molecule has 0 spiro atoms. The summed E-state index contributed by atoms with van der Waals surface area (Å²) in [6, 6.07) is 17.4. The number of ether oxygens (including phenoxy) is 1. The van der Waals surface area contributed by atoms with E-state index in [0.29, 0.717) is 38.0 Å². The topological polar surface area (TPSA) is 132 Å². The van der Waals surface area contributed by atoms with Gasteiger partial charge >= 0.3 is 0 Å². The third kappa shape index (κ3) is 5.98. The number of carbonyl (C=O) groups excluding carboxylic acids is 1. The van der Waals surface area contributed by atoms with Gasteiger partial charge in [-0.3, -0.25) is 9.36 Å². The van der Waals surface area contributed by atoms with Crippen molar-refractivity contribution < 1.29 is 14.6 Å². The Morgan fingerprint density at radius 2 is 1.97 bits per heavy atom. The maximum Gasteiger partial charge on any atom is 0.250 e. The normalized spacial score (nSPS) is 11.4. The number of amides is 1. The number of phenolic OH excluding ortho intramolecular Hbond substituents is 1. The third-order valence-electron chi connectivity index (χ3n) is 5.52. The van der Waals surface area contributed by atoms with Crippen LogP contribution in [0.2, 0.25) is 10.0 Å². The smallest absolute Gasteiger partial charge is 0.250 e. The number of para-hydroxylation sites is 1. The van der Waals surface area contributed by atoms with Crippen molar-refractivity contribution in [2.45, 2.75) is 11.7 Å². The van der Waals surface area contributed by atoms with Crippen molar-refractivity contribution in [3.05, 3.63) is 82.1 Å². The average Bonchev–Trinajstić information content (AvgIpc) is 3.53. The number of fused-ring (bicyclic) bond motifs is 1. The molecule has 0 aliphatic rings. The minimum absolute atomic E-state index is 0.00353. The van der Waals surface area contributed by atoms with Gasteiger partial charge in [0.1, 0.15) is 23.6 Å². The zero-order valence-corrected chi connectivity index (χ0v) is 22.7. The summed E-state index contributed by atoms with van der Waals surface area (Å²) in [5.41, 5.74) is 5.02. The number of rotatable bonds is 9. The predicted octanol–water partition coefficient (Wildman–Crippen LogP) is 4.32. The summed E-state index contributed by atoms with van der Waals surface area (Å²) in [4.78, 5) is 12.5. The zero-order chi connectivity index (χ0) is 27.4. The number of phenols is 1. The number of nitrogens with one attached hydrogen (secondary N) is 1. The summed E-state index contributed by atoms with van der Waals surface area (Å²) < 4.78 is 8.61. The highest BCUT2D eigenvalue weighted by molar-refractivity contribution is 7.99. The van der Waals surface area contributed by atoms with Crippen molar-refractivity contribution in [2.75, 3.05) is 12.9 Å². The molecule has 0 fully saturated rings. The molecule has 2 N–H and O–H groups in total. The van der Waals surface area contributed by atoms with Crippen LogP contribution in [0.15, 0.2) is 70.9 Å². The van der Waals surface area contributed by atoms with Crippen LogP contribution >= 0.6 is 35.0 Å². The van der Waals surface area contributed by atoms with Crippen molar-refractivity contribution in [1.29, 1.82) is 0 Å². The Morgan fingerprint density at radius 1 is 1.13 bits per heavy atom. The molecule has 5 rings (SSSR count). The van der Waals surface area contributed by atoms with Crippen molar-refractivity contribution in [1.82, 2.24) is 35.2 Å². The lowest BCUT2D eigenvalue weighted by Gasteiger charge is -2.12. The Kier molecular flexibility index (Phi) is 7.96. The highest BCUT2D eigenvalue weighted by Crippen LogP contribution is 2.30. The fourth-order valence-electron chi connectivity index (χ4n) is 3.67. The summed E-state index contributed by atoms with van der Waals surface area (Å²) in [5, 5.41) is 32.3. The van der Waals surface area contributed by atoms with E-state index in [1.165, 1.54) is 19.4 Å². The molecular weight excluding hydrogens is 563 g/mol. The monoisotopic (exact) mass is 582 g/mol. The van der Waals surface area contributed by atoms with Gasteiger partial charge in [-0.15, -0.1) is 15.3 Å². The first-order valence-corrected chi connectivity index (χ1v) is 13.2. The van der Waals surface area contributed by atoms with Gasteiger partial charge in [0.25, 0.3) is 5.91 Å². The summed E-state index contributed by atoms with van der Waals surface area (Å²) in [7, 11) is 1.52. The van der Waals surface area contributed by atoms with Crippen LogP contribution < -0.4 is 10.2 Å². The molecule has 0 aliphatic heterocycles. The minimum Gasteiger partial charge on any atom is -0.507 e. The van der Waals surface area contributed by atoms with Crippen LogP contribution in [0.3, 0.4) is 0 Å². The van der Waals surface area contributed by atoms with Crippen LogP contribution in [-0.4, -0.2) is 59.8 Å². The number of aromatic nitrogens is 6. The first-order valence-electron chi connectivity index (χ1n) is 11.4. The van der Waals surface area contributed by atoms with E-state index in [-0.39, 0.29) is 24.0 Å². The van der Waals surface area contributed by atoms with Gasteiger partial charge in [0.05, 0.1) is 35.3 Å². The van der Waals surface area contributed by atoms with Gasteiger partial charge in [-0.2, -0.15) is 5.10 Å². The van der Waals surface area contributed by atoms with Crippen molar-refractivity contribution in [3.63, 3.8) is 0 Å². The van der Waals surface area contributed by atoms with Crippen LogP contribution in [0.4, 0.5) is 0 Å². The molecule has 0 aliphatic carbocycles. The van der Waals surface area contributed by atoms with Crippen LogP contribution in [0.1, 0.15) is 11.4 Å². The number of aromatic hydroxyl groups is 1.